The Morgan fingerprint density at radius 1 is 1.47 bits per heavy atom. The van der Waals surface area contributed by atoms with Crippen LogP contribution in [-0.4, -0.2) is 18.2 Å². The largest absolute Gasteiger partial charge is 0.392 e. The minimum absolute atomic E-state index is 0.0245. The van der Waals surface area contributed by atoms with Crippen LogP contribution >= 0.6 is 11.6 Å². The lowest BCUT2D eigenvalue weighted by Crippen LogP contribution is -2.29. The molecule has 1 aromatic rings. The number of benzene rings is 1. The molecule has 0 heterocycles. The molecule has 0 bridgehead atoms. The maximum Gasteiger partial charge on any atom is 0.0702 e. The molecular weight excluding hydrogens is 210 g/mol. The van der Waals surface area contributed by atoms with Gasteiger partial charge in [-0.15, -0.1) is 0 Å². The molecule has 0 saturated heterocycles. The fourth-order valence-corrected chi connectivity index (χ4v) is 1.90. The number of hydrogen-bond donors (Lipinski definition) is 1. The number of aliphatic hydroxyl groups is 1. The Balaban J connectivity index is 3.10. The first kappa shape index (κ1) is 12.3. The molecule has 0 aliphatic carbocycles. The van der Waals surface area contributed by atoms with Crippen molar-refractivity contribution >= 4 is 17.3 Å². The van der Waals surface area contributed by atoms with E-state index in [2.05, 4.69) is 18.7 Å². The zero-order chi connectivity index (χ0) is 11.4. The first-order valence-electron chi connectivity index (χ1n) is 5.22. The summed E-state index contributed by atoms with van der Waals surface area (Å²) in [7, 11) is 2.01. The highest BCUT2D eigenvalue weighted by atomic mass is 35.5. The van der Waals surface area contributed by atoms with Crippen molar-refractivity contribution in [3.05, 3.63) is 28.8 Å². The summed E-state index contributed by atoms with van der Waals surface area (Å²) in [5, 5.41) is 9.96. The molecule has 3 heteroatoms. The number of aliphatic hydroxyl groups excluding tert-OH is 1. The summed E-state index contributed by atoms with van der Waals surface area (Å²) in [6.45, 7) is 4.30. The van der Waals surface area contributed by atoms with E-state index in [0.717, 1.165) is 17.7 Å². The van der Waals surface area contributed by atoms with Crippen molar-refractivity contribution in [2.24, 2.45) is 0 Å². The lowest BCUT2D eigenvalue weighted by Gasteiger charge is -2.28. The standard InChI is InChI=1S/C12H18ClNO/c1-4-9(2)14(3)12-10(8-15)6-5-7-11(12)13/h5-7,9,15H,4,8H2,1-3H3. The molecule has 1 unspecified atom stereocenters. The van der Waals surface area contributed by atoms with Gasteiger partial charge in [-0.1, -0.05) is 30.7 Å². The quantitative estimate of drug-likeness (QED) is 0.855. The average Bonchev–Trinajstić information content (AvgIpc) is 2.26. The molecule has 0 aromatic heterocycles. The van der Waals surface area contributed by atoms with Crippen molar-refractivity contribution < 1.29 is 5.11 Å². The molecule has 1 atom stereocenters. The zero-order valence-electron chi connectivity index (χ0n) is 9.50. The summed E-state index contributed by atoms with van der Waals surface area (Å²) in [6.07, 6.45) is 1.05. The van der Waals surface area contributed by atoms with Crippen molar-refractivity contribution in [1.82, 2.24) is 0 Å². The monoisotopic (exact) mass is 227 g/mol. The second-order valence-electron chi connectivity index (χ2n) is 3.77. The van der Waals surface area contributed by atoms with Gasteiger partial charge in [0.2, 0.25) is 0 Å². The molecule has 0 saturated carbocycles. The van der Waals surface area contributed by atoms with Gasteiger partial charge in [0, 0.05) is 18.7 Å². The van der Waals surface area contributed by atoms with Gasteiger partial charge in [0.05, 0.1) is 17.3 Å². The van der Waals surface area contributed by atoms with Crippen molar-refractivity contribution in [1.29, 1.82) is 0 Å². The summed E-state index contributed by atoms with van der Waals surface area (Å²) in [6, 6.07) is 6.03. The van der Waals surface area contributed by atoms with E-state index < -0.39 is 0 Å². The van der Waals surface area contributed by atoms with Crippen LogP contribution in [-0.2, 0) is 6.61 Å². The van der Waals surface area contributed by atoms with Crippen LogP contribution in [0.1, 0.15) is 25.8 Å². The zero-order valence-corrected chi connectivity index (χ0v) is 10.3. The predicted octanol–water partition coefficient (Wildman–Crippen LogP) is 3.07. The first-order valence-corrected chi connectivity index (χ1v) is 5.60. The Bertz CT molecular complexity index is 327. The van der Waals surface area contributed by atoms with Gasteiger partial charge in [0.15, 0.2) is 0 Å². The maximum absolute atomic E-state index is 9.26. The van der Waals surface area contributed by atoms with E-state index in [1.54, 1.807) is 0 Å². The van der Waals surface area contributed by atoms with Crippen LogP contribution in [0.15, 0.2) is 18.2 Å². The smallest absolute Gasteiger partial charge is 0.0702 e. The van der Waals surface area contributed by atoms with Crippen LogP contribution in [0.4, 0.5) is 5.69 Å². The molecule has 1 N–H and O–H groups in total. The van der Waals surface area contributed by atoms with Crippen molar-refractivity contribution in [2.75, 3.05) is 11.9 Å². The number of para-hydroxylation sites is 1. The number of hydrogen-bond acceptors (Lipinski definition) is 2. The summed E-state index contributed by atoms with van der Waals surface area (Å²) >= 11 is 6.15. The van der Waals surface area contributed by atoms with Crippen LogP contribution in [0.5, 0.6) is 0 Å². The molecule has 1 aromatic carbocycles. The topological polar surface area (TPSA) is 23.5 Å². The predicted molar refractivity (Wildman–Crippen MR) is 65.5 cm³/mol. The third kappa shape index (κ3) is 2.64. The summed E-state index contributed by atoms with van der Waals surface area (Å²) < 4.78 is 0. The van der Waals surface area contributed by atoms with Gasteiger partial charge in [-0.3, -0.25) is 0 Å². The molecule has 0 spiro atoms. The normalized spacial score (nSPS) is 12.6. The molecular formula is C12H18ClNO. The lowest BCUT2D eigenvalue weighted by atomic mass is 10.1. The maximum atomic E-state index is 9.26. The Kier molecular flexibility index (Phi) is 4.43. The van der Waals surface area contributed by atoms with Crippen LogP contribution in [0.25, 0.3) is 0 Å². The van der Waals surface area contributed by atoms with E-state index in [1.807, 2.05) is 25.2 Å². The van der Waals surface area contributed by atoms with Gasteiger partial charge in [0.1, 0.15) is 0 Å². The molecule has 84 valence electrons. The van der Waals surface area contributed by atoms with E-state index in [9.17, 15) is 5.11 Å². The molecule has 2 nitrogen and oxygen atoms in total. The molecule has 0 aliphatic rings. The van der Waals surface area contributed by atoms with E-state index in [0.29, 0.717) is 11.1 Å². The highest BCUT2D eigenvalue weighted by Gasteiger charge is 2.14. The minimum Gasteiger partial charge on any atom is -0.392 e. The molecule has 15 heavy (non-hydrogen) atoms. The second-order valence-corrected chi connectivity index (χ2v) is 4.18. The Morgan fingerprint density at radius 3 is 2.67 bits per heavy atom. The van der Waals surface area contributed by atoms with Crippen LogP contribution in [0.3, 0.4) is 0 Å². The van der Waals surface area contributed by atoms with Gasteiger partial charge in [0.25, 0.3) is 0 Å². The van der Waals surface area contributed by atoms with Crippen molar-refractivity contribution in [3.8, 4) is 0 Å². The number of halogens is 1. The Morgan fingerprint density at radius 2 is 2.13 bits per heavy atom. The van der Waals surface area contributed by atoms with Gasteiger partial charge in [-0.05, 0) is 19.4 Å². The molecule has 0 amide bonds. The fraction of sp³-hybridized carbons (Fsp3) is 0.500. The van der Waals surface area contributed by atoms with Crippen molar-refractivity contribution in [2.45, 2.75) is 32.9 Å². The Hall–Kier alpha value is -0.730. The summed E-state index contributed by atoms with van der Waals surface area (Å²) in [4.78, 5) is 2.12. The Labute approximate surface area is 96.5 Å². The number of rotatable bonds is 4. The lowest BCUT2D eigenvalue weighted by molar-refractivity contribution is 0.282. The van der Waals surface area contributed by atoms with Gasteiger partial charge >= 0.3 is 0 Å². The molecule has 0 fully saturated rings. The highest BCUT2D eigenvalue weighted by molar-refractivity contribution is 6.33. The number of anilines is 1. The minimum atomic E-state index is 0.0245. The fourth-order valence-electron chi connectivity index (χ4n) is 1.58. The van der Waals surface area contributed by atoms with Crippen LogP contribution < -0.4 is 4.90 Å². The van der Waals surface area contributed by atoms with Crippen molar-refractivity contribution in [3.63, 3.8) is 0 Å². The van der Waals surface area contributed by atoms with E-state index in [4.69, 9.17) is 11.6 Å². The van der Waals surface area contributed by atoms with E-state index in [1.165, 1.54) is 0 Å². The van der Waals surface area contributed by atoms with Crippen LogP contribution in [0, 0.1) is 0 Å². The average molecular weight is 228 g/mol. The molecule has 0 radical (unpaired) electrons. The van der Waals surface area contributed by atoms with Gasteiger partial charge in [-0.2, -0.15) is 0 Å². The number of nitrogens with zero attached hydrogens (tertiary/aromatic N) is 1. The van der Waals surface area contributed by atoms with E-state index in [-0.39, 0.29) is 6.61 Å². The van der Waals surface area contributed by atoms with Gasteiger partial charge in [-0.25, -0.2) is 0 Å². The SMILES string of the molecule is CCC(C)N(C)c1c(Cl)cccc1CO. The third-order valence-corrected chi connectivity index (χ3v) is 3.15. The van der Waals surface area contributed by atoms with Gasteiger partial charge < -0.3 is 10.0 Å². The second kappa shape index (κ2) is 5.38. The van der Waals surface area contributed by atoms with E-state index >= 15 is 0 Å². The molecule has 0 aliphatic heterocycles. The highest BCUT2D eigenvalue weighted by Crippen LogP contribution is 2.30. The van der Waals surface area contributed by atoms with Crippen LogP contribution in [0.2, 0.25) is 5.02 Å². The molecule has 1 rings (SSSR count). The summed E-state index contributed by atoms with van der Waals surface area (Å²) in [5.74, 6) is 0. The first-order chi connectivity index (χ1) is 7.11. The third-order valence-electron chi connectivity index (χ3n) is 2.85. The summed E-state index contributed by atoms with van der Waals surface area (Å²) in [5.41, 5.74) is 1.82.